The van der Waals surface area contributed by atoms with Gasteiger partial charge < -0.3 is 14.4 Å². The molecule has 2 aromatic carbocycles. The molecule has 0 spiro atoms. The van der Waals surface area contributed by atoms with Crippen molar-refractivity contribution in [3.63, 3.8) is 0 Å². The summed E-state index contributed by atoms with van der Waals surface area (Å²) in [6, 6.07) is 10.6. The Morgan fingerprint density at radius 3 is 2.39 bits per heavy atom. The molecule has 0 aliphatic carbocycles. The molecule has 120 valence electrons. The largest absolute Gasteiger partial charge is 0.493 e. The van der Waals surface area contributed by atoms with Crippen LogP contribution in [0.2, 0.25) is 10.0 Å². The summed E-state index contributed by atoms with van der Waals surface area (Å²) in [5.74, 6) is 1.23. The first kappa shape index (κ1) is 16.0. The molecule has 23 heavy (non-hydrogen) atoms. The fourth-order valence-electron chi connectivity index (χ4n) is 2.74. The van der Waals surface area contributed by atoms with E-state index in [1.807, 2.05) is 12.1 Å². The zero-order valence-corrected chi connectivity index (χ0v) is 14.2. The van der Waals surface area contributed by atoms with E-state index in [0.29, 0.717) is 28.0 Å². The average molecular weight is 352 g/mol. The van der Waals surface area contributed by atoms with Gasteiger partial charge in [-0.2, -0.15) is 0 Å². The number of anilines is 1. The number of nitrogens with zero attached hydrogens (tertiary/aromatic N) is 1. The molecule has 2 aromatic rings. The number of hydrogen-bond donors (Lipinski definition) is 0. The zero-order chi connectivity index (χ0) is 16.6. The second-order valence-electron chi connectivity index (χ2n) is 5.19. The second kappa shape index (κ2) is 6.30. The molecule has 0 aromatic heterocycles. The molecule has 3 rings (SSSR count). The molecule has 0 N–H and O–H groups in total. The minimum atomic E-state index is -0.106. The number of carbonyl (C=O) groups excluding carboxylic acids is 1. The van der Waals surface area contributed by atoms with Crippen LogP contribution < -0.4 is 14.4 Å². The fourth-order valence-corrected chi connectivity index (χ4v) is 3.27. The standard InChI is InChI=1S/C17H15Cl2NO3/c1-22-15-6-4-11(8-16(15)23-2)20-14(9-17(20)21)12-5-3-10(18)7-13(12)19/h3-8,14H,9H2,1-2H3. The lowest BCUT2D eigenvalue weighted by Gasteiger charge is -2.41. The van der Waals surface area contributed by atoms with Crippen LogP contribution in [0.15, 0.2) is 36.4 Å². The van der Waals surface area contributed by atoms with E-state index in [2.05, 4.69) is 0 Å². The lowest BCUT2D eigenvalue weighted by atomic mass is 9.93. The van der Waals surface area contributed by atoms with Crippen molar-refractivity contribution in [2.75, 3.05) is 19.1 Å². The molecule has 1 saturated heterocycles. The van der Waals surface area contributed by atoms with Gasteiger partial charge in [0.25, 0.3) is 0 Å². The van der Waals surface area contributed by atoms with E-state index in [1.165, 1.54) is 0 Å². The van der Waals surface area contributed by atoms with Crippen molar-refractivity contribution in [3.05, 3.63) is 52.0 Å². The molecule has 0 bridgehead atoms. The summed E-state index contributed by atoms with van der Waals surface area (Å²) in [6.07, 6.45) is 0.412. The third kappa shape index (κ3) is 2.84. The van der Waals surface area contributed by atoms with Gasteiger partial charge in [0.05, 0.1) is 26.7 Å². The van der Waals surface area contributed by atoms with Crippen LogP contribution in [0.3, 0.4) is 0 Å². The minimum absolute atomic E-state index is 0.0354. The number of β-lactam (4-membered cyclic amide) rings is 1. The molecule has 1 atom stereocenters. The molecule has 4 nitrogen and oxygen atoms in total. The van der Waals surface area contributed by atoms with Crippen molar-refractivity contribution < 1.29 is 14.3 Å². The zero-order valence-electron chi connectivity index (χ0n) is 12.7. The number of ether oxygens (including phenoxy) is 2. The minimum Gasteiger partial charge on any atom is -0.493 e. The highest BCUT2D eigenvalue weighted by molar-refractivity contribution is 6.35. The first-order valence-electron chi connectivity index (χ1n) is 7.04. The third-order valence-corrected chi connectivity index (χ3v) is 4.48. The topological polar surface area (TPSA) is 38.8 Å². The summed E-state index contributed by atoms with van der Waals surface area (Å²) in [6.45, 7) is 0. The molecule has 0 radical (unpaired) electrons. The highest BCUT2D eigenvalue weighted by Crippen LogP contribution is 2.43. The van der Waals surface area contributed by atoms with E-state index in [1.54, 1.807) is 43.4 Å². The SMILES string of the molecule is COc1ccc(N2C(=O)CC2c2ccc(Cl)cc2Cl)cc1OC. The van der Waals surface area contributed by atoms with Gasteiger partial charge in [-0.1, -0.05) is 29.3 Å². The van der Waals surface area contributed by atoms with Gasteiger partial charge in [0, 0.05) is 21.8 Å². The maximum atomic E-state index is 12.1. The molecule has 1 aliphatic rings. The van der Waals surface area contributed by atoms with Crippen LogP contribution in [0.1, 0.15) is 18.0 Å². The molecule has 1 fully saturated rings. The first-order valence-corrected chi connectivity index (χ1v) is 7.79. The molecule has 1 heterocycles. The van der Waals surface area contributed by atoms with E-state index >= 15 is 0 Å². The van der Waals surface area contributed by atoms with Gasteiger partial charge in [0.1, 0.15) is 0 Å². The van der Waals surface area contributed by atoms with Crippen LogP contribution in [0, 0.1) is 0 Å². The number of amides is 1. The summed E-state index contributed by atoms with van der Waals surface area (Å²) in [4.78, 5) is 13.8. The van der Waals surface area contributed by atoms with Gasteiger partial charge in [-0.15, -0.1) is 0 Å². The molecule has 6 heteroatoms. The van der Waals surface area contributed by atoms with Crippen LogP contribution in [0.25, 0.3) is 0 Å². The molecular formula is C17H15Cl2NO3. The van der Waals surface area contributed by atoms with Crippen molar-refractivity contribution >= 4 is 34.8 Å². The summed E-state index contributed by atoms with van der Waals surface area (Å²) in [7, 11) is 3.13. The van der Waals surface area contributed by atoms with Crippen LogP contribution in [-0.2, 0) is 4.79 Å². The lowest BCUT2D eigenvalue weighted by molar-refractivity contribution is -0.124. The number of benzene rings is 2. The Balaban J connectivity index is 1.96. The quantitative estimate of drug-likeness (QED) is 0.761. The molecular weight excluding hydrogens is 337 g/mol. The predicted molar refractivity (Wildman–Crippen MR) is 90.9 cm³/mol. The molecule has 1 aliphatic heterocycles. The molecule has 1 amide bonds. The summed E-state index contributed by atoms with van der Waals surface area (Å²) in [5.41, 5.74) is 1.63. The predicted octanol–water partition coefficient (Wildman–Crippen LogP) is 4.49. The maximum Gasteiger partial charge on any atom is 0.230 e. The van der Waals surface area contributed by atoms with E-state index in [-0.39, 0.29) is 11.9 Å². The second-order valence-corrected chi connectivity index (χ2v) is 6.03. The Bertz CT molecular complexity index is 763. The highest BCUT2D eigenvalue weighted by Gasteiger charge is 2.39. The Kier molecular flexibility index (Phi) is 4.37. The van der Waals surface area contributed by atoms with Gasteiger partial charge in [0.15, 0.2) is 11.5 Å². The lowest BCUT2D eigenvalue weighted by Crippen LogP contribution is -2.46. The average Bonchev–Trinajstić information content (AvgIpc) is 2.53. The highest BCUT2D eigenvalue weighted by atomic mass is 35.5. The number of hydrogen-bond acceptors (Lipinski definition) is 3. The normalized spacial score (nSPS) is 17.0. The maximum absolute atomic E-state index is 12.1. The Morgan fingerprint density at radius 1 is 1.04 bits per heavy atom. The number of carbonyl (C=O) groups is 1. The summed E-state index contributed by atoms with van der Waals surface area (Å²) in [5, 5.41) is 1.13. The Morgan fingerprint density at radius 2 is 1.78 bits per heavy atom. The summed E-state index contributed by atoms with van der Waals surface area (Å²) >= 11 is 12.2. The summed E-state index contributed by atoms with van der Waals surface area (Å²) < 4.78 is 10.5. The number of methoxy groups -OCH3 is 2. The number of halogens is 2. The molecule has 1 unspecified atom stereocenters. The van der Waals surface area contributed by atoms with Crippen molar-refractivity contribution in [1.29, 1.82) is 0 Å². The van der Waals surface area contributed by atoms with E-state index in [0.717, 1.165) is 11.3 Å². The van der Waals surface area contributed by atoms with Crippen LogP contribution in [0.4, 0.5) is 5.69 Å². The molecule has 0 saturated carbocycles. The van der Waals surface area contributed by atoms with Gasteiger partial charge in [-0.25, -0.2) is 0 Å². The van der Waals surface area contributed by atoms with Crippen LogP contribution in [0.5, 0.6) is 11.5 Å². The van der Waals surface area contributed by atoms with E-state index in [9.17, 15) is 4.79 Å². The monoisotopic (exact) mass is 351 g/mol. The van der Waals surface area contributed by atoms with E-state index < -0.39 is 0 Å². The van der Waals surface area contributed by atoms with E-state index in [4.69, 9.17) is 32.7 Å². The van der Waals surface area contributed by atoms with Crippen molar-refractivity contribution in [3.8, 4) is 11.5 Å². The Hall–Kier alpha value is -1.91. The number of rotatable bonds is 4. The van der Waals surface area contributed by atoms with Crippen LogP contribution >= 0.6 is 23.2 Å². The van der Waals surface area contributed by atoms with Gasteiger partial charge >= 0.3 is 0 Å². The fraction of sp³-hybridized carbons (Fsp3) is 0.235. The van der Waals surface area contributed by atoms with Crippen LogP contribution in [-0.4, -0.2) is 20.1 Å². The first-order chi connectivity index (χ1) is 11.0. The van der Waals surface area contributed by atoms with Crippen molar-refractivity contribution in [1.82, 2.24) is 0 Å². The van der Waals surface area contributed by atoms with Gasteiger partial charge in [-0.05, 0) is 29.8 Å². The Labute approximate surface area is 144 Å². The smallest absolute Gasteiger partial charge is 0.230 e. The van der Waals surface area contributed by atoms with Gasteiger partial charge in [-0.3, -0.25) is 4.79 Å². The third-order valence-electron chi connectivity index (χ3n) is 3.92. The van der Waals surface area contributed by atoms with Crippen molar-refractivity contribution in [2.45, 2.75) is 12.5 Å². The van der Waals surface area contributed by atoms with Crippen molar-refractivity contribution in [2.24, 2.45) is 0 Å². The van der Waals surface area contributed by atoms with Gasteiger partial charge in [0.2, 0.25) is 5.91 Å².